The summed E-state index contributed by atoms with van der Waals surface area (Å²) in [5.74, 6) is 0. The van der Waals surface area contributed by atoms with E-state index in [0.717, 1.165) is 0 Å². The van der Waals surface area contributed by atoms with Crippen molar-refractivity contribution >= 4 is 77.3 Å². The molecule has 0 bridgehead atoms. The summed E-state index contributed by atoms with van der Waals surface area (Å²) in [6.45, 7) is 13.8. The monoisotopic (exact) mass is 1010 g/mol. The number of rotatable bonds is 9. The third kappa shape index (κ3) is 13.0. The third-order valence-corrected chi connectivity index (χ3v) is 14.4. The molecular weight excluding hydrogens is 936 g/mol. The van der Waals surface area contributed by atoms with Crippen molar-refractivity contribution in [1.82, 2.24) is 0 Å². The number of benzene rings is 6. The lowest BCUT2D eigenvalue weighted by atomic mass is 9.81. The van der Waals surface area contributed by atoms with Crippen LogP contribution < -0.4 is 29.4 Å². The van der Waals surface area contributed by atoms with Gasteiger partial charge in [0, 0.05) is 112 Å². The second-order valence-corrected chi connectivity index (χ2v) is 22.1. The van der Waals surface area contributed by atoms with Crippen molar-refractivity contribution in [3.8, 4) is 0 Å². The van der Waals surface area contributed by atoms with Crippen LogP contribution in [0, 0.1) is 0 Å². The highest BCUT2D eigenvalue weighted by Crippen LogP contribution is 2.41. The Bertz CT molecular complexity index is 2850. The Labute approximate surface area is 441 Å². The Kier molecular flexibility index (Phi) is 17.6. The fourth-order valence-corrected chi connectivity index (χ4v) is 10.1. The van der Waals surface area contributed by atoms with Crippen molar-refractivity contribution in [3.05, 3.63) is 197 Å². The summed E-state index contributed by atoms with van der Waals surface area (Å²) < 4.78 is 15.5. The van der Waals surface area contributed by atoms with Gasteiger partial charge in [0.1, 0.15) is 21.1 Å². The van der Waals surface area contributed by atoms with Crippen LogP contribution in [0.2, 0.25) is 0 Å². The van der Waals surface area contributed by atoms with Gasteiger partial charge >= 0.3 is 0 Å². The minimum atomic E-state index is -5.39. The summed E-state index contributed by atoms with van der Waals surface area (Å²) in [5, 5.41) is 0. The zero-order chi connectivity index (χ0) is 54.3. The maximum Gasteiger partial charge on any atom is 0.209 e. The first kappa shape index (κ1) is 56.4. The van der Waals surface area contributed by atoms with Gasteiger partial charge in [-0.3, -0.25) is 0 Å². The van der Waals surface area contributed by atoms with E-state index in [4.69, 9.17) is 19.2 Å². The fourth-order valence-electron chi connectivity index (χ4n) is 10.1. The molecule has 0 saturated carbocycles. The summed E-state index contributed by atoms with van der Waals surface area (Å²) in [7, 11) is 13.5. The molecule has 74 heavy (non-hydrogen) atoms. The molecule has 6 aromatic rings. The van der Waals surface area contributed by atoms with Crippen LogP contribution in [0.3, 0.4) is 0 Å². The molecule has 0 unspecified atom stereocenters. The van der Waals surface area contributed by atoms with E-state index in [-0.39, 0.29) is 16.2 Å². The third-order valence-electron chi connectivity index (χ3n) is 14.4. The van der Waals surface area contributed by atoms with Gasteiger partial charge in [0.2, 0.25) is 17.1 Å². The van der Waals surface area contributed by atoms with E-state index >= 15 is 0 Å². The number of hydrogen-bond donors (Lipinski definition) is 0. The van der Waals surface area contributed by atoms with Crippen LogP contribution in [-0.4, -0.2) is 94.3 Å². The summed E-state index contributed by atoms with van der Waals surface area (Å²) in [4.78, 5) is 32.0. The maximum atomic E-state index is 8.55. The highest BCUT2D eigenvalue weighted by molar-refractivity contribution is 7.40. The lowest BCUT2D eigenvalue weighted by molar-refractivity contribution is -0.432. The SMILES string of the molecule is CN(C)c1ccc(/C=C/C2=[N+](C)c3ccccc3C2(C)C)cc1.CN(C)c1ccc(/C=C/C2=[N+](C)c3ccccc3C2(C)C)cc1.CN(C)c1ccc(/C=C/C2=[N+](C)c3ccccc3C2(C)C)cc1.O=P([O-])([O-])[O-]. The molecule has 386 valence electrons. The van der Waals surface area contributed by atoms with E-state index < -0.39 is 7.82 Å². The number of fused-ring (bicyclic) bond motifs is 3. The average molecular weight is 1010 g/mol. The van der Waals surface area contributed by atoms with E-state index in [2.05, 4.69) is 315 Å². The second-order valence-electron chi connectivity index (χ2n) is 21.2. The molecule has 0 N–H and O–H groups in total. The van der Waals surface area contributed by atoms with Crippen molar-refractivity contribution in [1.29, 1.82) is 0 Å². The first-order valence-corrected chi connectivity index (χ1v) is 26.4. The van der Waals surface area contributed by atoms with Gasteiger partial charge in [-0.2, -0.15) is 21.5 Å². The molecular formula is C63H75N6O4P. The zero-order valence-electron chi connectivity index (χ0n) is 46.1. The van der Waals surface area contributed by atoms with Gasteiger partial charge in [0.05, 0.1) is 16.2 Å². The molecule has 6 aromatic carbocycles. The molecule has 0 amide bonds. The van der Waals surface area contributed by atoms with Gasteiger partial charge in [-0.1, -0.05) is 91.0 Å². The minimum absolute atomic E-state index is 0.0332. The standard InChI is InChI=1S/3C21H25N2.H3O4P/c3*1-21(2)18-8-6-7-9-19(18)23(5)20(21)15-12-16-10-13-17(14-11-16)22(3)4;1-5(2,3)4/h3*6-15H,1-5H3;(H3,1,2,3,4)/q3*+1;/p-3. The number of allylic oxidation sites excluding steroid dienone is 3. The Balaban J connectivity index is 0.000000173. The van der Waals surface area contributed by atoms with Gasteiger partial charge < -0.3 is 33.9 Å². The van der Waals surface area contributed by atoms with Crippen LogP contribution in [0.25, 0.3) is 18.2 Å². The lowest BCUT2D eigenvalue weighted by Crippen LogP contribution is -2.26. The van der Waals surface area contributed by atoms with Crippen molar-refractivity contribution in [2.75, 3.05) is 78.1 Å². The smallest absolute Gasteiger partial charge is 0.209 e. The molecule has 0 saturated heterocycles. The van der Waals surface area contributed by atoms with Crippen LogP contribution in [0.1, 0.15) is 74.9 Å². The van der Waals surface area contributed by atoms with Crippen molar-refractivity contribution < 1.29 is 33.0 Å². The second kappa shape index (κ2) is 23.1. The summed E-state index contributed by atoms with van der Waals surface area (Å²) in [6, 6.07) is 51.9. The number of phosphoric acid groups is 1. The molecule has 11 heteroatoms. The maximum absolute atomic E-state index is 8.55. The van der Waals surface area contributed by atoms with E-state index in [9.17, 15) is 0 Å². The van der Waals surface area contributed by atoms with E-state index in [1.165, 1.54) is 84.6 Å². The van der Waals surface area contributed by atoms with Gasteiger partial charge in [-0.05, 0) is 113 Å². The van der Waals surface area contributed by atoms with Gasteiger partial charge in [-0.15, -0.1) is 0 Å². The molecule has 3 aliphatic heterocycles. The Morgan fingerprint density at radius 1 is 0.365 bits per heavy atom. The molecule has 9 rings (SSSR count). The predicted octanol–water partition coefficient (Wildman–Crippen LogP) is 10.6. The van der Waals surface area contributed by atoms with E-state index in [0.29, 0.717) is 0 Å². The predicted molar refractivity (Wildman–Crippen MR) is 308 cm³/mol. The summed E-state index contributed by atoms with van der Waals surface area (Å²) in [6.07, 6.45) is 13.4. The minimum Gasteiger partial charge on any atom is -0.822 e. The lowest BCUT2D eigenvalue weighted by Gasteiger charge is -2.36. The van der Waals surface area contributed by atoms with Gasteiger partial charge in [0.25, 0.3) is 0 Å². The summed E-state index contributed by atoms with van der Waals surface area (Å²) in [5.41, 5.74) is 19.5. The molecule has 3 aliphatic rings. The Morgan fingerprint density at radius 3 is 0.757 bits per heavy atom. The number of para-hydroxylation sites is 3. The quantitative estimate of drug-likeness (QED) is 0.105. The van der Waals surface area contributed by atoms with Crippen LogP contribution in [-0.2, 0) is 20.8 Å². The largest absolute Gasteiger partial charge is 0.822 e. The highest BCUT2D eigenvalue weighted by Gasteiger charge is 2.44. The molecule has 0 aliphatic carbocycles. The number of hydrogen-bond acceptors (Lipinski definition) is 7. The normalized spacial score (nSPS) is 15.8. The molecule has 0 radical (unpaired) electrons. The molecule has 3 heterocycles. The van der Waals surface area contributed by atoms with E-state index in [1.807, 2.05) is 0 Å². The molecule has 0 atom stereocenters. The van der Waals surface area contributed by atoms with Crippen LogP contribution in [0.4, 0.5) is 34.1 Å². The highest BCUT2D eigenvalue weighted by atomic mass is 31.2. The first-order valence-electron chi connectivity index (χ1n) is 24.9. The van der Waals surface area contributed by atoms with E-state index in [1.54, 1.807) is 0 Å². The fraction of sp³-hybridized carbons (Fsp3) is 0.286. The first-order chi connectivity index (χ1) is 34.7. The topological polar surface area (TPSA) is 105 Å². The van der Waals surface area contributed by atoms with Gasteiger partial charge in [-0.25, -0.2) is 0 Å². The van der Waals surface area contributed by atoms with Gasteiger partial charge in [0.15, 0.2) is 17.1 Å². The van der Waals surface area contributed by atoms with Crippen molar-refractivity contribution in [2.24, 2.45) is 0 Å². The molecule has 10 nitrogen and oxygen atoms in total. The molecule has 0 fully saturated rings. The summed E-state index contributed by atoms with van der Waals surface area (Å²) >= 11 is 0. The van der Waals surface area contributed by atoms with Crippen molar-refractivity contribution in [3.63, 3.8) is 0 Å². The zero-order valence-corrected chi connectivity index (χ0v) is 47.0. The number of anilines is 3. The Hall–Kier alpha value is -6.94. The van der Waals surface area contributed by atoms with Crippen LogP contribution >= 0.6 is 7.82 Å². The van der Waals surface area contributed by atoms with Crippen LogP contribution in [0.15, 0.2) is 164 Å². The Morgan fingerprint density at radius 2 is 0.568 bits per heavy atom. The molecule has 0 spiro atoms. The average Bonchev–Trinajstić information content (AvgIpc) is 3.78. The number of nitrogens with zero attached hydrogens (tertiary/aromatic N) is 6. The van der Waals surface area contributed by atoms with Crippen LogP contribution in [0.5, 0.6) is 0 Å². The molecule has 0 aromatic heterocycles. The van der Waals surface area contributed by atoms with Crippen molar-refractivity contribution in [2.45, 2.75) is 57.8 Å².